The summed E-state index contributed by atoms with van der Waals surface area (Å²) in [5.74, 6) is 0.0308. The van der Waals surface area contributed by atoms with Crippen molar-refractivity contribution >= 4 is 27.7 Å². The molecule has 1 heterocycles. The van der Waals surface area contributed by atoms with Crippen LogP contribution in [0, 0.1) is 0 Å². The van der Waals surface area contributed by atoms with Gasteiger partial charge in [-0.2, -0.15) is 18.2 Å². The minimum absolute atomic E-state index is 0.0819. The highest BCUT2D eigenvalue weighted by molar-refractivity contribution is 9.10. The minimum Gasteiger partial charge on any atom is -0.366 e. The predicted molar refractivity (Wildman–Crippen MR) is 78.0 cm³/mol. The quantitative estimate of drug-likeness (QED) is 0.867. The molecule has 1 aromatic carbocycles. The van der Waals surface area contributed by atoms with E-state index in [0.29, 0.717) is 6.54 Å². The molecule has 8 heteroatoms. The molecule has 4 nitrogen and oxygen atoms in total. The number of nitrogens with zero attached hydrogens (tertiary/aromatic N) is 2. The molecule has 0 aliphatic heterocycles. The van der Waals surface area contributed by atoms with Crippen LogP contribution in [0.1, 0.15) is 11.3 Å². The zero-order valence-electron chi connectivity index (χ0n) is 11.0. The monoisotopic (exact) mass is 360 g/mol. The van der Waals surface area contributed by atoms with Gasteiger partial charge in [0.05, 0.1) is 0 Å². The van der Waals surface area contributed by atoms with Gasteiger partial charge in [0.15, 0.2) is 5.69 Å². The number of anilines is 2. The van der Waals surface area contributed by atoms with Crippen LogP contribution in [-0.2, 0) is 12.7 Å². The lowest BCUT2D eigenvalue weighted by Crippen LogP contribution is -2.13. The first-order valence-corrected chi connectivity index (χ1v) is 6.80. The van der Waals surface area contributed by atoms with Crippen LogP contribution in [-0.4, -0.2) is 17.0 Å². The Labute approximate surface area is 127 Å². The maximum absolute atomic E-state index is 12.7. The van der Waals surface area contributed by atoms with Crippen molar-refractivity contribution in [3.63, 3.8) is 0 Å². The normalized spacial score (nSPS) is 11.3. The summed E-state index contributed by atoms with van der Waals surface area (Å²) in [6.45, 7) is 0.358. The largest absolute Gasteiger partial charge is 0.433 e. The van der Waals surface area contributed by atoms with E-state index in [4.69, 9.17) is 0 Å². The molecule has 0 bridgehead atoms. The molecule has 0 unspecified atom stereocenters. The second-order valence-electron chi connectivity index (χ2n) is 4.19. The average molecular weight is 361 g/mol. The van der Waals surface area contributed by atoms with Gasteiger partial charge in [-0.3, -0.25) is 0 Å². The standard InChI is InChI=1S/C13H12BrF3N4/c1-18-12-20-10(13(15,16)17)6-11(21-12)19-7-8-3-2-4-9(14)5-8/h2-6H,7H2,1H3,(H2,18,19,20,21). The first kappa shape index (κ1) is 15.6. The molecule has 21 heavy (non-hydrogen) atoms. The number of hydrogen-bond donors (Lipinski definition) is 2. The van der Waals surface area contributed by atoms with E-state index in [1.807, 2.05) is 24.3 Å². The van der Waals surface area contributed by atoms with Crippen LogP contribution in [0.5, 0.6) is 0 Å². The summed E-state index contributed by atoms with van der Waals surface area (Å²) in [5, 5.41) is 5.38. The summed E-state index contributed by atoms with van der Waals surface area (Å²) in [5.41, 5.74) is -0.0684. The van der Waals surface area contributed by atoms with Gasteiger partial charge in [-0.25, -0.2) is 4.98 Å². The lowest BCUT2D eigenvalue weighted by molar-refractivity contribution is -0.141. The van der Waals surface area contributed by atoms with Crippen molar-refractivity contribution in [2.45, 2.75) is 12.7 Å². The van der Waals surface area contributed by atoms with Gasteiger partial charge < -0.3 is 10.6 Å². The lowest BCUT2D eigenvalue weighted by atomic mass is 10.2. The highest BCUT2D eigenvalue weighted by Gasteiger charge is 2.33. The highest BCUT2D eigenvalue weighted by Crippen LogP contribution is 2.29. The second-order valence-corrected chi connectivity index (χ2v) is 5.11. The van der Waals surface area contributed by atoms with Gasteiger partial charge in [0.2, 0.25) is 5.95 Å². The molecule has 0 amide bonds. The van der Waals surface area contributed by atoms with Crippen LogP contribution >= 0.6 is 15.9 Å². The molecule has 112 valence electrons. The van der Waals surface area contributed by atoms with Crippen LogP contribution in [0.4, 0.5) is 24.9 Å². The van der Waals surface area contributed by atoms with E-state index in [-0.39, 0.29) is 11.8 Å². The Morgan fingerprint density at radius 3 is 2.57 bits per heavy atom. The van der Waals surface area contributed by atoms with E-state index >= 15 is 0 Å². The zero-order chi connectivity index (χ0) is 15.5. The van der Waals surface area contributed by atoms with E-state index in [2.05, 4.69) is 36.5 Å². The molecule has 2 aromatic rings. The van der Waals surface area contributed by atoms with Crippen molar-refractivity contribution in [2.24, 2.45) is 0 Å². The molecular weight excluding hydrogens is 349 g/mol. The summed E-state index contributed by atoms with van der Waals surface area (Å²) in [6.07, 6.45) is -4.51. The SMILES string of the molecule is CNc1nc(NCc2cccc(Br)c2)cc(C(F)(F)F)n1. The molecule has 2 N–H and O–H groups in total. The van der Waals surface area contributed by atoms with Gasteiger partial charge in [0.1, 0.15) is 5.82 Å². The number of rotatable bonds is 4. The van der Waals surface area contributed by atoms with Crippen molar-refractivity contribution < 1.29 is 13.2 Å². The molecular formula is C13H12BrF3N4. The predicted octanol–water partition coefficient (Wildman–Crippen LogP) is 3.91. The van der Waals surface area contributed by atoms with Crippen molar-refractivity contribution in [3.8, 4) is 0 Å². The molecule has 0 radical (unpaired) electrons. The molecule has 0 fully saturated rings. The molecule has 0 aliphatic carbocycles. The Hall–Kier alpha value is -1.83. The number of aromatic nitrogens is 2. The molecule has 0 aliphatic rings. The fraction of sp³-hybridized carbons (Fsp3) is 0.231. The molecule has 2 rings (SSSR count). The van der Waals surface area contributed by atoms with Gasteiger partial charge in [-0.05, 0) is 17.7 Å². The Kier molecular flexibility index (Phi) is 4.66. The Balaban J connectivity index is 2.19. The molecule has 0 saturated heterocycles. The van der Waals surface area contributed by atoms with E-state index < -0.39 is 11.9 Å². The Bertz CT molecular complexity index is 631. The molecule has 0 saturated carbocycles. The molecule has 0 atom stereocenters. The summed E-state index contributed by atoms with van der Waals surface area (Å²) in [6, 6.07) is 8.34. The maximum Gasteiger partial charge on any atom is 0.433 e. The van der Waals surface area contributed by atoms with Crippen LogP contribution in [0.2, 0.25) is 0 Å². The summed E-state index contributed by atoms with van der Waals surface area (Å²) >= 11 is 3.34. The van der Waals surface area contributed by atoms with E-state index in [9.17, 15) is 13.2 Å². The van der Waals surface area contributed by atoms with Gasteiger partial charge in [-0.1, -0.05) is 28.1 Å². The smallest absolute Gasteiger partial charge is 0.366 e. The number of halogens is 4. The summed E-state index contributed by atoms with van der Waals surface area (Å²) in [4.78, 5) is 7.36. The van der Waals surface area contributed by atoms with Gasteiger partial charge in [-0.15, -0.1) is 0 Å². The van der Waals surface area contributed by atoms with Crippen molar-refractivity contribution in [1.29, 1.82) is 0 Å². The third-order valence-corrected chi connectivity index (χ3v) is 3.10. The van der Waals surface area contributed by atoms with Crippen LogP contribution in [0.25, 0.3) is 0 Å². The van der Waals surface area contributed by atoms with Gasteiger partial charge in [0.25, 0.3) is 0 Å². The first-order valence-electron chi connectivity index (χ1n) is 6.01. The number of hydrogen-bond acceptors (Lipinski definition) is 4. The summed E-state index contributed by atoms with van der Waals surface area (Å²) < 4.78 is 39.1. The minimum atomic E-state index is -4.51. The van der Waals surface area contributed by atoms with Crippen molar-refractivity contribution in [1.82, 2.24) is 9.97 Å². The maximum atomic E-state index is 12.7. The fourth-order valence-corrected chi connectivity index (χ4v) is 2.08. The van der Waals surface area contributed by atoms with Crippen LogP contribution in [0.3, 0.4) is 0 Å². The third kappa shape index (κ3) is 4.32. The third-order valence-electron chi connectivity index (χ3n) is 2.60. The first-order chi connectivity index (χ1) is 9.88. The van der Waals surface area contributed by atoms with E-state index in [1.54, 1.807) is 0 Å². The highest BCUT2D eigenvalue weighted by atomic mass is 79.9. The van der Waals surface area contributed by atoms with Crippen LogP contribution < -0.4 is 10.6 Å². The Morgan fingerprint density at radius 1 is 1.19 bits per heavy atom. The average Bonchev–Trinajstić information content (AvgIpc) is 2.44. The van der Waals surface area contributed by atoms with Crippen molar-refractivity contribution in [2.75, 3.05) is 17.7 Å². The number of alkyl halides is 3. The number of nitrogens with one attached hydrogen (secondary N) is 2. The zero-order valence-corrected chi connectivity index (χ0v) is 12.6. The molecule has 1 aromatic heterocycles. The van der Waals surface area contributed by atoms with Gasteiger partial charge >= 0.3 is 6.18 Å². The van der Waals surface area contributed by atoms with Crippen molar-refractivity contribution in [3.05, 3.63) is 46.1 Å². The van der Waals surface area contributed by atoms with E-state index in [1.165, 1.54) is 7.05 Å². The van der Waals surface area contributed by atoms with E-state index in [0.717, 1.165) is 16.1 Å². The number of benzene rings is 1. The fourth-order valence-electron chi connectivity index (χ4n) is 1.63. The molecule has 0 spiro atoms. The lowest BCUT2D eigenvalue weighted by Gasteiger charge is -2.11. The summed E-state index contributed by atoms with van der Waals surface area (Å²) in [7, 11) is 1.47. The second kappa shape index (κ2) is 6.30. The Morgan fingerprint density at radius 2 is 1.95 bits per heavy atom. The van der Waals surface area contributed by atoms with Crippen LogP contribution in [0.15, 0.2) is 34.8 Å². The van der Waals surface area contributed by atoms with Gasteiger partial charge in [0, 0.05) is 24.1 Å². The topological polar surface area (TPSA) is 49.8 Å².